The molecule has 136 valence electrons. The van der Waals surface area contributed by atoms with Crippen LogP contribution >= 0.6 is 0 Å². The van der Waals surface area contributed by atoms with Gasteiger partial charge in [-0.25, -0.2) is 5.43 Å². The number of nitrogens with one attached hydrogen (secondary N) is 2. The third kappa shape index (κ3) is 4.18. The van der Waals surface area contributed by atoms with Crippen LogP contribution in [0.4, 0.5) is 0 Å². The van der Waals surface area contributed by atoms with Gasteiger partial charge in [0.25, 0.3) is 5.91 Å². The first-order valence-electron chi connectivity index (χ1n) is 7.99. The van der Waals surface area contributed by atoms with Gasteiger partial charge in [-0.3, -0.25) is 14.7 Å². The van der Waals surface area contributed by atoms with E-state index in [2.05, 4.69) is 20.7 Å². The van der Waals surface area contributed by atoms with Crippen LogP contribution in [0.3, 0.4) is 0 Å². The summed E-state index contributed by atoms with van der Waals surface area (Å²) in [6, 6.07) is 13.4. The maximum atomic E-state index is 12.1. The first-order chi connectivity index (χ1) is 13.1. The van der Waals surface area contributed by atoms with Crippen molar-refractivity contribution in [3.05, 3.63) is 71.4 Å². The summed E-state index contributed by atoms with van der Waals surface area (Å²) >= 11 is 0. The number of H-pyrrole nitrogens is 1. The van der Waals surface area contributed by atoms with Gasteiger partial charge in [-0.05, 0) is 48.5 Å². The summed E-state index contributed by atoms with van der Waals surface area (Å²) in [6.07, 6.45) is 3.11. The monoisotopic (exact) mass is 363 g/mol. The number of hydrazone groups is 1. The molecule has 0 radical (unpaired) electrons. The molecule has 8 nitrogen and oxygen atoms in total. The summed E-state index contributed by atoms with van der Waals surface area (Å²) in [5.41, 5.74) is 10.7. The fourth-order valence-corrected chi connectivity index (χ4v) is 2.39. The number of nitrogens with zero attached hydrogens (tertiary/aromatic N) is 2. The predicted octanol–water partition coefficient (Wildman–Crippen LogP) is 1.95. The molecule has 1 aromatic heterocycles. The number of aromatic amines is 1. The Bertz CT molecular complexity index is 975. The van der Waals surface area contributed by atoms with Crippen LogP contribution in [0.25, 0.3) is 11.3 Å². The van der Waals surface area contributed by atoms with Gasteiger partial charge >= 0.3 is 0 Å². The topological polar surface area (TPSA) is 122 Å². The average molecular weight is 363 g/mol. The Labute approximate surface area is 155 Å². The molecule has 4 N–H and O–H groups in total. The number of methoxy groups -OCH3 is 1. The minimum absolute atomic E-state index is 0.331. The van der Waals surface area contributed by atoms with Gasteiger partial charge in [-0.1, -0.05) is 0 Å². The number of hydrogen-bond acceptors (Lipinski definition) is 5. The largest absolute Gasteiger partial charge is 0.497 e. The molecular weight excluding hydrogens is 346 g/mol. The smallest absolute Gasteiger partial charge is 0.271 e. The molecule has 8 heteroatoms. The van der Waals surface area contributed by atoms with Crippen LogP contribution in [-0.2, 0) is 0 Å². The zero-order valence-electron chi connectivity index (χ0n) is 14.5. The molecule has 3 aromatic rings. The molecule has 0 spiro atoms. The molecule has 0 bridgehead atoms. The van der Waals surface area contributed by atoms with E-state index in [1.165, 1.54) is 30.5 Å². The van der Waals surface area contributed by atoms with Gasteiger partial charge in [0.05, 0.1) is 25.2 Å². The van der Waals surface area contributed by atoms with Crippen LogP contribution in [0.2, 0.25) is 0 Å². The quantitative estimate of drug-likeness (QED) is 0.457. The Balaban J connectivity index is 1.69. The lowest BCUT2D eigenvalue weighted by atomic mass is 10.1. The standard InChI is InChI=1S/C19H17N5O3/c1-27-16-8-6-12(7-9-16)17-15(10-21-23-17)11-22-24-19(26)14-4-2-13(3-5-14)18(20)25/h2-11H,1H3,(H2,20,25)(H,21,23)(H,24,26)/b22-11+. The average Bonchev–Trinajstić information content (AvgIpc) is 3.16. The van der Waals surface area contributed by atoms with Crippen LogP contribution in [-0.4, -0.2) is 35.3 Å². The van der Waals surface area contributed by atoms with E-state index in [1.54, 1.807) is 13.3 Å². The Morgan fingerprint density at radius 1 is 1.11 bits per heavy atom. The summed E-state index contributed by atoms with van der Waals surface area (Å²) < 4.78 is 5.15. The second kappa shape index (κ2) is 7.96. The summed E-state index contributed by atoms with van der Waals surface area (Å²) in [5, 5.41) is 10.9. The third-order valence-corrected chi connectivity index (χ3v) is 3.85. The number of rotatable bonds is 6. The fourth-order valence-electron chi connectivity index (χ4n) is 2.39. The number of primary amides is 1. The Hall–Kier alpha value is -3.94. The predicted molar refractivity (Wildman–Crippen MR) is 101 cm³/mol. The van der Waals surface area contributed by atoms with Crippen molar-refractivity contribution >= 4 is 18.0 Å². The van der Waals surface area contributed by atoms with Gasteiger partial charge in [0, 0.05) is 22.3 Å². The molecule has 0 atom stereocenters. The van der Waals surface area contributed by atoms with Crippen molar-refractivity contribution < 1.29 is 14.3 Å². The van der Waals surface area contributed by atoms with E-state index in [0.717, 1.165) is 17.0 Å². The number of amides is 2. The highest BCUT2D eigenvalue weighted by Crippen LogP contribution is 2.22. The van der Waals surface area contributed by atoms with E-state index in [-0.39, 0.29) is 0 Å². The number of aromatic nitrogens is 2. The maximum absolute atomic E-state index is 12.1. The van der Waals surface area contributed by atoms with Gasteiger partial charge in [0.15, 0.2) is 0 Å². The summed E-state index contributed by atoms with van der Waals surface area (Å²) in [5.74, 6) is -0.203. The molecule has 2 aromatic carbocycles. The molecule has 1 heterocycles. The normalized spacial score (nSPS) is 10.7. The molecule has 0 aliphatic heterocycles. The van der Waals surface area contributed by atoms with Gasteiger partial charge in [0.2, 0.25) is 5.91 Å². The fraction of sp³-hybridized carbons (Fsp3) is 0.0526. The van der Waals surface area contributed by atoms with E-state index < -0.39 is 11.8 Å². The molecule has 0 aliphatic rings. The van der Waals surface area contributed by atoms with Crippen molar-refractivity contribution in [2.45, 2.75) is 0 Å². The lowest BCUT2D eigenvalue weighted by Gasteiger charge is -2.03. The number of nitrogens with two attached hydrogens (primary N) is 1. The SMILES string of the molecule is COc1ccc(-c2[nH]ncc2/C=N/NC(=O)c2ccc(C(N)=O)cc2)cc1. The van der Waals surface area contributed by atoms with Gasteiger partial charge in [-0.2, -0.15) is 10.2 Å². The lowest BCUT2D eigenvalue weighted by molar-refractivity contribution is 0.0952. The van der Waals surface area contributed by atoms with Gasteiger partial charge in [-0.15, -0.1) is 0 Å². The molecule has 0 saturated carbocycles. The summed E-state index contributed by atoms with van der Waals surface area (Å²) in [6.45, 7) is 0. The van der Waals surface area contributed by atoms with E-state index in [1.807, 2.05) is 24.3 Å². The number of benzene rings is 2. The highest BCUT2D eigenvalue weighted by molar-refractivity contribution is 5.97. The van der Waals surface area contributed by atoms with Crippen LogP contribution in [0, 0.1) is 0 Å². The van der Waals surface area contributed by atoms with Crippen molar-refractivity contribution in [1.29, 1.82) is 0 Å². The molecule has 0 unspecified atom stereocenters. The van der Waals surface area contributed by atoms with E-state index in [4.69, 9.17) is 10.5 Å². The molecule has 0 aliphatic carbocycles. The number of hydrogen-bond donors (Lipinski definition) is 3. The van der Waals surface area contributed by atoms with Gasteiger partial charge < -0.3 is 10.5 Å². The van der Waals surface area contributed by atoms with Crippen LogP contribution < -0.4 is 15.9 Å². The molecule has 3 rings (SSSR count). The zero-order valence-corrected chi connectivity index (χ0v) is 14.5. The maximum Gasteiger partial charge on any atom is 0.271 e. The number of carbonyl (C=O) groups excluding carboxylic acids is 2. The van der Waals surface area contributed by atoms with Crippen molar-refractivity contribution in [1.82, 2.24) is 15.6 Å². The van der Waals surface area contributed by atoms with Crippen molar-refractivity contribution in [3.8, 4) is 17.0 Å². The molecule has 2 amide bonds. The van der Waals surface area contributed by atoms with Crippen LogP contribution in [0.1, 0.15) is 26.3 Å². The highest BCUT2D eigenvalue weighted by atomic mass is 16.5. The Morgan fingerprint density at radius 3 is 2.41 bits per heavy atom. The zero-order chi connectivity index (χ0) is 19.2. The molecular formula is C19H17N5O3. The Kier molecular flexibility index (Phi) is 5.27. The number of carbonyl (C=O) groups is 2. The second-order valence-corrected chi connectivity index (χ2v) is 5.57. The van der Waals surface area contributed by atoms with Crippen molar-refractivity contribution in [3.63, 3.8) is 0 Å². The van der Waals surface area contributed by atoms with Crippen LogP contribution in [0.5, 0.6) is 5.75 Å². The molecule has 0 saturated heterocycles. The number of ether oxygens (including phenoxy) is 1. The third-order valence-electron chi connectivity index (χ3n) is 3.85. The van der Waals surface area contributed by atoms with Crippen molar-refractivity contribution in [2.24, 2.45) is 10.8 Å². The minimum Gasteiger partial charge on any atom is -0.497 e. The molecule has 0 fully saturated rings. The second-order valence-electron chi connectivity index (χ2n) is 5.57. The van der Waals surface area contributed by atoms with Gasteiger partial charge in [0.1, 0.15) is 5.75 Å². The highest BCUT2D eigenvalue weighted by Gasteiger charge is 2.08. The summed E-state index contributed by atoms with van der Waals surface area (Å²) in [4.78, 5) is 23.2. The van der Waals surface area contributed by atoms with Crippen molar-refractivity contribution in [2.75, 3.05) is 7.11 Å². The first kappa shape index (κ1) is 17.9. The first-order valence-corrected chi connectivity index (χ1v) is 7.99. The Morgan fingerprint density at radius 2 is 1.78 bits per heavy atom. The van der Waals surface area contributed by atoms with E-state index in [9.17, 15) is 9.59 Å². The van der Waals surface area contributed by atoms with E-state index in [0.29, 0.717) is 16.7 Å². The lowest BCUT2D eigenvalue weighted by Crippen LogP contribution is -2.18. The van der Waals surface area contributed by atoms with E-state index >= 15 is 0 Å². The minimum atomic E-state index is -0.550. The molecule has 27 heavy (non-hydrogen) atoms. The van der Waals surface area contributed by atoms with Crippen LogP contribution in [0.15, 0.2) is 59.8 Å². The summed E-state index contributed by atoms with van der Waals surface area (Å²) in [7, 11) is 1.60.